The van der Waals surface area contributed by atoms with Crippen LogP contribution in [0.15, 0.2) is 67.0 Å². The molecule has 1 aromatic heterocycles. The second-order valence-corrected chi connectivity index (χ2v) is 7.54. The topological polar surface area (TPSA) is 70.5 Å². The van der Waals surface area contributed by atoms with Gasteiger partial charge >= 0.3 is 0 Å². The van der Waals surface area contributed by atoms with Gasteiger partial charge in [0.1, 0.15) is 0 Å². The number of hydrogen-bond donors (Lipinski definition) is 1. The third-order valence-corrected chi connectivity index (χ3v) is 5.47. The fourth-order valence-electron chi connectivity index (χ4n) is 3.84. The van der Waals surface area contributed by atoms with Gasteiger partial charge in [0.25, 0.3) is 5.91 Å². The quantitative estimate of drug-likeness (QED) is 0.679. The second-order valence-electron chi connectivity index (χ2n) is 7.54. The van der Waals surface area contributed by atoms with Crippen LogP contribution in [0, 0.1) is 13.8 Å². The Bertz CT molecular complexity index is 1090. The summed E-state index contributed by atoms with van der Waals surface area (Å²) >= 11 is 0. The maximum absolute atomic E-state index is 13.4. The number of aryl methyl sites for hydroxylation is 2. The van der Waals surface area contributed by atoms with Crippen LogP contribution in [0.4, 0.5) is 5.69 Å². The highest BCUT2D eigenvalue weighted by Gasteiger charge is 2.50. The van der Waals surface area contributed by atoms with E-state index in [-0.39, 0.29) is 12.2 Å². The van der Waals surface area contributed by atoms with E-state index in [0.717, 1.165) is 16.7 Å². The molecule has 1 aliphatic heterocycles. The number of benzene rings is 2. The number of aliphatic hydroxyl groups is 1. The van der Waals surface area contributed by atoms with Crippen LogP contribution in [0.2, 0.25) is 0 Å². The largest absolute Gasteiger partial charge is 0.375 e. The Hall–Kier alpha value is -3.31. The number of pyridine rings is 1. The predicted molar refractivity (Wildman–Crippen MR) is 111 cm³/mol. The summed E-state index contributed by atoms with van der Waals surface area (Å²) in [5, 5.41) is 11.4. The van der Waals surface area contributed by atoms with Gasteiger partial charge in [-0.3, -0.25) is 14.6 Å². The number of anilines is 1. The molecule has 2 heterocycles. The van der Waals surface area contributed by atoms with Crippen molar-refractivity contribution in [2.24, 2.45) is 0 Å². The van der Waals surface area contributed by atoms with Gasteiger partial charge in [0.2, 0.25) is 0 Å². The molecule has 146 valence electrons. The number of para-hydroxylation sites is 1. The minimum absolute atomic E-state index is 0.322. The van der Waals surface area contributed by atoms with Gasteiger partial charge < -0.3 is 10.0 Å². The van der Waals surface area contributed by atoms with Crippen molar-refractivity contribution in [2.75, 3.05) is 4.90 Å². The average Bonchev–Trinajstić information content (AvgIpc) is 2.93. The molecule has 1 amide bonds. The van der Waals surface area contributed by atoms with Crippen LogP contribution in [-0.4, -0.2) is 21.8 Å². The number of nitrogens with zero attached hydrogens (tertiary/aromatic N) is 2. The number of ketones is 1. The SMILES string of the molecule is Cc1ccc(C)c(CN2C(=O)C(O)(CC(=O)c3cccnc3)c3ccccc32)c1. The Morgan fingerprint density at radius 3 is 2.66 bits per heavy atom. The molecule has 1 atom stereocenters. The van der Waals surface area contributed by atoms with Gasteiger partial charge in [0.05, 0.1) is 18.7 Å². The zero-order chi connectivity index (χ0) is 20.6. The number of aromatic nitrogens is 1. The van der Waals surface area contributed by atoms with E-state index in [2.05, 4.69) is 4.98 Å². The number of carbonyl (C=O) groups is 2. The molecule has 0 saturated heterocycles. The third-order valence-electron chi connectivity index (χ3n) is 5.47. The summed E-state index contributed by atoms with van der Waals surface area (Å²) < 4.78 is 0. The van der Waals surface area contributed by atoms with Gasteiger partial charge in [0, 0.05) is 23.5 Å². The first-order valence-corrected chi connectivity index (χ1v) is 9.53. The Morgan fingerprint density at radius 1 is 1.10 bits per heavy atom. The van der Waals surface area contributed by atoms with Crippen molar-refractivity contribution < 1.29 is 14.7 Å². The highest BCUT2D eigenvalue weighted by atomic mass is 16.3. The summed E-state index contributed by atoms with van der Waals surface area (Å²) in [6.45, 7) is 4.34. The van der Waals surface area contributed by atoms with Crippen LogP contribution in [0.25, 0.3) is 0 Å². The van der Waals surface area contributed by atoms with E-state index in [9.17, 15) is 14.7 Å². The number of carbonyl (C=O) groups excluding carboxylic acids is 2. The van der Waals surface area contributed by atoms with Crippen LogP contribution in [0.3, 0.4) is 0 Å². The summed E-state index contributed by atoms with van der Waals surface area (Å²) in [6.07, 6.45) is 2.70. The van der Waals surface area contributed by atoms with Crippen molar-refractivity contribution in [1.29, 1.82) is 0 Å². The van der Waals surface area contributed by atoms with E-state index >= 15 is 0 Å². The van der Waals surface area contributed by atoms with Gasteiger partial charge in [-0.2, -0.15) is 0 Å². The first-order chi connectivity index (χ1) is 13.9. The Morgan fingerprint density at radius 2 is 1.90 bits per heavy atom. The molecule has 1 unspecified atom stereocenters. The average molecular weight is 386 g/mol. The fraction of sp³-hybridized carbons (Fsp3) is 0.208. The molecule has 0 saturated carbocycles. The monoisotopic (exact) mass is 386 g/mol. The van der Waals surface area contributed by atoms with Gasteiger partial charge in [-0.15, -0.1) is 0 Å². The van der Waals surface area contributed by atoms with Crippen LogP contribution < -0.4 is 4.90 Å². The molecule has 0 radical (unpaired) electrons. The molecule has 0 spiro atoms. The molecule has 2 aromatic carbocycles. The number of Topliss-reactive ketones (excluding diaryl/α,β-unsaturated/α-hetero) is 1. The van der Waals surface area contributed by atoms with Crippen LogP contribution in [-0.2, 0) is 16.9 Å². The standard InChI is InChI=1S/C24H22N2O3/c1-16-9-10-17(2)19(12-16)15-26-21-8-4-3-7-20(21)24(29,23(26)28)13-22(27)18-6-5-11-25-14-18/h3-12,14,29H,13,15H2,1-2H3. The van der Waals surface area contributed by atoms with E-state index in [1.54, 1.807) is 35.4 Å². The minimum atomic E-state index is -1.89. The first kappa shape index (κ1) is 19.0. The van der Waals surface area contributed by atoms with Crippen molar-refractivity contribution in [3.63, 3.8) is 0 Å². The number of rotatable bonds is 5. The van der Waals surface area contributed by atoms with Crippen LogP contribution in [0.1, 0.15) is 39.0 Å². The maximum Gasteiger partial charge on any atom is 0.264 e. The highest BCUT2D eigenvalue weighted by molar-refractivity contribution is 6.10. The molecule has 29 heavy (non-hydrogen) atoms. The molecule has 0 bridgehead atoms. The van der Waals surface area contributed by atoms with Gasteiger partial charge in [0.15, 0.2) is 11.4 Å². The predicted octanol–water partition coefficient (Wildman–Crippen LogP) is 3.71. The summed E-state index contributed by atoms with van der Waals surface area (Å²) in [5.41, 5.74) is 2.78. The van der Waals surface area contributed by atoms with Gasteiger partial charge in [-0.05, 0) is 43.2 Å². The molecule has 5 heteroatoms. The van der Waals surface area contributed by atoms with E-state index in [4.69, 9.17) is 0 Å². The third kappa shape index (κ3) is 3.34. The second kappa shape index (κ2) is 7.26. The van der Waals surface area contributed by atoms with E-state index in [1.165, 1.54) is 6.20 Å². The van der Waals surface area contributed by atoms with Crippen molar-refractivity contribution in [3.8, 4) is 0 Å². The normalized spacial score (nSPS) is 18.0. The zero-order valence-electron chi connectivity index (χ0n) is 16.4. The lowest BCUT2D eigenvalue weighted by Gasteiger charge is -2.23. The molecule has 1 aliphatic rings. The fourth-order valence-corrected chi connectivity index (χ4v) is 3.84. The lowest BCUT2D eigenvalue weighted by molar-refractivity contribution is -0.136. The number of hydrogen-bond acceptors (Lipinski definition) is 4. The minimum Gasteiger partial charge on any atom is -0.375 e. The highest BCUT2D eigenvalue weighted by Crippen LogP contribution is 2.43. The summed E-state index contributed by atoms with van der Waals surface area (Å²) in [6, 6.07) is 16.5. The van der Waals surface area contributed by atoms with Crippen LogP contribution >= 0.6 is 0 Å². The summed E-state index contributed by atoms with van der Waals surface area (Å²) in [4.78, 5) is 31.6. The van der Waals surface area contributed by atoms with Crippen molar-refractivity contribution in [1.82, 2.24) is 4.98 Å². The van der Waals surface area contributed by atoms with Crippen molar-refractivity contribution in [2.45, 2.75) is 32.4 Å². The van der Waals surface area contributed by atoms with Crippen molar-refractivity contribution in [3.05, 3.63) is 94.8 Å². The smallest absolute Gasteiger partial charge is 0.264 e. The van der Waals surface area contributed by atoms with Gasteiger partial charge in [-0.1, -0.05) is 42.0 Å². The molecule has 5 nitrogen and oxygen atoms in total. The first-order valence-electron chi connectivity index (χ1n) is 9.53. The number of fused-ring (bicyclic) bond motifs is 1. The molecule has 0 fully saturated rings. The Labute approximate surface area is 169 Å². The molecular weight excluding hydrogens is 364 g/mol. The molecule has 1 N–H and O–H groups in total. The summed E-state index contributed by atoms with van der Waals surface area (Å²) in [7, 11) is 0. The maximum atomic E-state index is 13.4. The summed E-state index contributed by atoms with van der Waals surface area (Å²) in [5.74, 6) is -0.797. The molecular formula is C24H22N2O3. The molecule has 3 aromatic rings. The van der Waals surface area contributed by atoms with Crippen molar-refractivity contribution >= 4 is 17.4 Å². The van der Waals surface area contributed by atoms with E-state index in [1.807, 2.05) is 44.2 Å². The van der Waals surface area contributed by atoms with E-state index in [0.29, 0.717) is 23.4 Å². The Kier molecular flexibility index (Phi) is 4.76. The van der Waals surface area contributed by atoms with Gasteiger partial charge in [-0.25, -0.2) is 0 Å². The Balaban J connectivity index is 1.71. The van der Waals surface area contributed by atoms with E-state index < -0.39 is 11.5 Å². The molecule has 0 aliphatic carbocycles. The molecule has 4 rings (SSSR count). The van der Waals surface area contributed by atoms with Crippen LogP contribution in [0.5, 0.6) is 0 Å². The lowest BCUT2D eigenvalue weighted by atomic mass is 9.88. The lowest BCUT2D eigenvalue weighted by Crippen LogP contribution is -2.41. The number of amides is 1. The zero-order valence-corrected chi connectivity index (χ0v) is 16.4.